The lowest BCUT2D eigenvalue weighted by Gasteiger charge is -2.14. The largest absolute Gasteiger partial charge is 0.493 e. The van der Waals surface area contributed by atoms with Gasteiger partial charge in [0.25, 0.3) is 5.91 Å². The molecule has 3 rings (SSSR count). The smallest absolute Gasteiger partial charge is 0.250 e. The van der Waals surface area contributed by atoms with Gasteiger partial charge in [-0.3, -0.25) is 9.59 Å². The maximum Gasteiger partial charge on any atom is 0.250 e. The van der Waals surface area contributed by atoms with E-state index in [1.807, 2.05) is 29.6 Å². The zero-order chi connectivity index (χ0) is 21.0. The Bertz CT molecular complexity index is 1070. The molecule has 0 saturated carbocycles. The molecule has 9 heteroatoms. The molecule has 0 spiro atoms. The van der Waals surface area contributed by atoms with Crippen LogP contribution in [0.25, 0.3) is 10.6 Å². The molecule has 0 aliphatic heterocycles. The molecule has 0 radical (unpaired) electrons. The first kappa shape index (κ1) is 20.8. The highest BCUT2D eigenvalue weighted by Gasteiger charge is 2.17. The molecule has 2 amide bonds. The predicted molar refractivity (Wildman–Crippen MR) is 116 cm³/mol. The van der Waals surface area contributed by atoms with Gasteiger partial charge >= 0.3 is 0 Å². The molecule has 3 aromatic rings. The van der Waals surface area contributed by atoms with Gasteiger partial charge < -0.3 is 20.5 Å². The monoisotopic (exact) mass is 475 g/mol. The van der Waals surface area contributed by atoms with Gasteiger partial charge in [-0.25, -0.2) is 4.98 Å². The van der Waals surface area contributed by atoms with Crippen LogP contribution >= 0.6 is 27.3 Å². The van der Waals surface area contributed by atoms with E-state index >= 15 is 0 Å². The number of halogens is 1. The first-order valence-electron chi connectivity index (χ1n) is 8.47. The van der Waals surface area contributed by atoms with Crippen LogP contribution in [0.2, 0.25) is 0 Å². The molecule has 3 N–H and O–H groups in total. The zero-order valence-electron chi connectivity index (χ0n) is 15.7. The van der Waals surface area contributed by atoms with Crippen molar-refractivity contribution in [3.8, 4) is 22.1 Å². The Morgan fingerprint density at radius 2 is 1.90 bits per heavy atom. The van der Waals surface area contributed by atoms with Crippen LogP contribution in [0.4, 0.5) is 5.69 Å². The molecule has 2 aromatic carbocycles. The van der Waals surface area contributed by atoms with E-state index in [1.165, 1.54) is 37.7 Å². The Kier molecular flexibility index (Phi) is 6.50. The fourth-order valence-electron chi connectivity index (χ4n) is 2.69. The van der Waals surface area contributed by atoms with Gasteiger partial charge in [-0.2, -0.15) is 0 Å². The van der Waals surface area contributed by atoms with Crippen molar-refractivity contribution in [2.75, 3.05) is 19.5 Å². The van der Waals surface area contributed by atoms with Gasteiger partial charge in [-0.05, 0) is 18.2 Å². The van der Waals surface area contributed by atoms with Crippen LogP contribution in [-0.2, 0) is 11.2 Å². The lowest BCUT2D eigenvalue weighted by Crippen LogP contribution is -2.20. The molecule has 0 aliphatic rings. The summed E-state index contributed by atoms with van der Waals surface area (Å²) in [6.07, 6.45) is 0.0526. The van der Waals surface area contributed by atoms with Crippen LogP contribution in [0.15, 0.2) is 46.3 Å². The fourth-order valence-corrected chi connectivity index (χ4v) is 3.90. The van der Waals surface area contributed by atoms with E-state index in [-0.39, 0.29) is 23.6 Å². The summed E-state index contributed by atoms with van der Waals surface area (Å²) in [5, 5.41) is 5.36. The van der Waals surface area contributed by atoms with Crippen LogP contribution in [0.3, 0.4) is 0 Å². The van der Waals surface area contributed by atoms with Gasteiger partial charge in [0, 0.05) is 21.5 Å². The molecule has 0 fully saturated rings. The van der Waals surface area contributed by atoms with E-state index in [1.54, 1.807) is 0 Å². The molecule has 0 bridgehead atoms. The van der Waals surface area contributed by atoms with Crippen molar-refractivity contribution < 1.29 is 19.1 Å². The highest BCUT2D eigenvalue weighted by molar-refractivity contribution is 9.10. The van der Waals surface area contributed by atoms with Gasteiger partial charge in [0.05, 0.1) is 37.6 Å². The number of primary amides is 1. The summed E-state index contributed by atoms with van der Waals surface area (Å²) in [6, 6.07) is 10.7. The lowest BCUT2D eigenvalue weighted by atomic mass is 10.1. The lowest BCUT2D eigenvalue weighted by molar-refractivity contribution is -0.115. The quantitative estimate of drug-likeness (QED) is 0.539. The highest BCUT2D eigenvalue weighted by Crippen LogP contribution is 2.33. The number of nitrogens with two attached hydrogens (primary N) is 1. The van der Waals surface area contributed by atoms with Crippen molar-refractivity contribution >= 4 is 44.8 Å². The van der Waals surface area contributed by atoms with Crippen molar-refractivity contribution in [3.05, 3.63) is 57.5 Å². The number of hydrogen-bond donors (Lipinski definition) is 2. The van der Waals surface area contributed by atoms with Gasteiger partial charge in [0.1, 0.15) is 5.01 Å². The fraction of sp³-hybridized carbons (Fsp3) is 0.150. The minimum atomic E-state index is -0.688. The Labute approximate surface area is 180 Å². The summed E-state index contributed by atoms with van der Waals surface area (Å²) < 4.78 is 11.4. The van der Waals surface area contributed by atoms with E-state index in [0.29, 0.717) is 17.2 Å². The Morgan fingerprint density at radius 3 is 2.55 bits per heavy atom. The van der Waals surface area contributed by atoms with Crippen molar-refractivity contribution in [2.24, 2.45) is 5.73 Å². The van der Waals surface area contributed by atoms with Crippen molar-refractivity contribution in [1.82, 2.24) is 4.98 Å². The summed E-state index contributed by atoms with van der Waals surface area (Å²) in [5.74, 6) is -0.298. The number of hydrogen-bond acceptors (Lipinski definition) is 6. The van der Waals surface area contributed by atoms with Gasteiger partial charge in [0.15, 0.2) is 11.5 Å². The number of nitrogens with one attached hydrogen (secondary N) is 1. The van der Waals surface area contributed by atoms with E-state index < -0.39 is 5.91 Å². The Hall–Kier alpha value is -2.91. The number of anilines is 1. The average Bonchev–Trinajstić information content (AvgIpc) is 3.15. The van der Waals surface area contributed by atoms with Crippen molar-refractivity contribution in [2.45, 2.75) is 6.42 Å². The maximum atomic E-state index is 12.5. The molecule has 0 unspecified atom stereocenters. The molecule has 0 aliphatic carbocycles. The first-order valence-corrected chi connectivity index (χ1v) is 10.1. The number of methoxy groups -OCH3 is 2. The van der Waals surface area contributed by atoms with Gasteiger partial charge in [-0.1, -0.05) is 28.1 Å². The summed E-state index contributed by atoms with van der Waals surface area (Å²) in [5.41, 5.74) is 7.41. The average molecular weight is 476 g/mol. The molecule has 1 heterocycles. The van der Waals surface area contributed by atoms with Crippen molar-refractivity contribution in [1.29, 1.82) is 0 Å². The number of carbonyl (C=O) groups excluding carboxylic acids is 2. The minimum Gasteiger partial charge on any atom is -0.493 e. The van der Waals surface area contributed by atoms with Gasteiger partial charge in [-0.15, -0.1) is 11.3 Å². The Balaban J connectivity index is 1.78. The van der Waals surface area contributed by atoms with Crippen molar-refractivity contribution in [3.63, 3.8) is 0 Å². The molecular weight excluding hydrogens is 458 g/mol. The third kappa shape index (κ3) is 4.93. The number of amides is 2. The molecule has 0 atom stereocenters. The molecule has 29 heavy (non-hydrogen) atoms. The van der Waals surface area contributed by atoms with Crippen LogP contribution in [-0.4, -0.2) is 31.0 Å². The normalized spacial score (nSPS) is 10.4. The number of ether oxygens (including phenoxy) is 2. The number of nitrogens with zero attached hydrogens (tertiary/aromatic N) is 1. The van der Waals surface area contributed by atoms with Gasteiger partial charge in [0.2, 0.25) is 5.91 Å². The summed E-state index contributed by atoms with van der Waals surface area (Å²) in [6.45, 7) is 0. The highest BCUT2D eigenvalue weighted by atomic mass is 79.9. The summed E-state index contributed by atoms with van der Waals surface area (Å²) >= 11 is 4.90. The van der Waals surface area contributed by atoms with E-state index in [0.717, 1.165) is 15.0 Å². The number of thiazole rings is 1. The molecule has 7 nitrogen and oxygen atoms in total. The number of benzene rings is 2. The van der Waals surface area contributed by atoms with E-state index in [2.05, 4.69) is 26.2 Å². The van der Waals surface area contributed by atoms with Crippen LogP contribution in [0.5, 0.6) is 11.5 Å². The molecule has 0 saturated heterocycles. The predicted octanol–water partition coefficient (Wildman–Crippen LogP) is 3.87. The number of rotatable bonds is 7. The zero-order valence-corrected chi connectivity index (χ0v) is 18.1. The number of carbonyl (C=O) groups is 2. The standard InChI is InChI=1S/C20H18BrN3O4S/c1-27-16-8-14(19(22)26)15(9-17(16)28-2)24-18(25)7-13-10-29-20(23-13)11-4-3-5-12(21)6-11/h3-6,8-10H,7H2,1-2H3,(H2,22,26)(H,24,25). The van der Waals surface area contributed by atoms with E-state index in [4.69, 9.17) is 15.2 Å². The summed E-state index contributed by atoms with van der Waals surface area (Å²) in [4.78, 5) is 28.8. The topological polar surface area (TPSA) is 104 Å². The molecule has 1 aromatic heterocycles. The molecule has 150 valence electrons. The summed E-state index contributed by atoms with van der Waals surface area (Å²) in [7, 11) is 2.91. The number of aromatic nitrogens is 1. The first-order chi connectivity index (χ1) is 13.9. The van der Waals surface area contributed by atoms with Crippen LogP contribution in [0.1, 0.15) is 16.1 Å². The van der Waals surface area contributed by atoms with Crippen LogP contribution in [0, 0.1) is 0 Å². The minimum absolute atomic E-state index is 0.0526. The maximum absolute atomic E-state index is 12.5. The SMILES string of the molecule is COc1cc(NC(=O)Cc2csc(-c3cccc(Br)c3)n2)c(C(N)=O)cc1OC. The second-order valence-electron chi connectivity index (χ2n) is 6.00. The Morgan fingerprint density at radius 1 is 1.17 bits per heavy atom. The van der Waals surface area contributed by atoms with E-state index in [9.17, 15) is 9.59 Å². The molecular formula is C20H18BrN3O4S. The third-order valence-corrected chi connectivity index (χ3v) is 5.46. The second kappa shape index (κ2) is 9.06. The second-order valence-corrected chi connectivity index (χ2v) is 7.77. The van der Waals surface area contributed by atoms with Crippen LogP contribution < -0.4 is 20.5 Å². The third-order valence-electron chi connectivity index (χ3n) is 4.03.